The first-order valence-electron chi connectivity index (χ1n) is 8.39. The van der Waals surface area contributed by atoms with Crippen molar-refractivity contribution in [3.8, 4) is 0 Å². The number of aliphatic hydroxyl groups is 2. The molecule has 0 bridgehead atoms. The van der Waals surface area contributed by atoms with Crippen molar-refractivity contribution in [2.45, 2.75) is 57.4 Å². The Morgan fingerprint density at radius 1 is 1.39 bits per heavy atom. The molecule has 3 unspecified atom stereocenters. The molecule has 3 N–H and O–H groups in total. The molecule has 5 nitrogen and oxygen atoms in total. The van der Waals surface area contributed by atoms with Crippen LogP contribution in [-0.2, 0) is 11.3 Å². The van der Waals surface area contributed by atoms with Crippen molar-refractivity contribution in [2.75, 3.05) is 13.1 Å². The zero-order valence-electron chi connectivity index (χ0n) is 14.0. The lowest BCUT2D eigenvalue weighted by molar-refractivity contribution is -0.138. The minimum atomic E-state index is -1.32. The van der Waals surface area contributed by atoms with E-state index in [9.17, 15) is 15.0 Å². The van der Waals surface area contributed by atoms with E-state index in [-0.39, 0.29) is 18.1 Å². The van der Waals surface area contributed by atoms with Gasteiger partial charge in [-0.15, -0.1) is 0 Å². The highest BCUT2D eigenvalue weighted by Crippen LogP contribution is 2.20. The number of amides is 1. The maximum atomic E-state index is 12.1. The molecular weight excluding hydrogens is 292 g/mol. The predicted molar refractivity (Wildman–Crippen MR) is 89.8 cm³/mol. The van der Waals surface area contributed by atoms with Crippen LogP contribution in [0, 0.1) is 0 Å². The topological polar surface area (TPSA) is 72.8 Å². The molecule has 1 aliphatic rings. The summed E-state index contributed by atoms with van der Waals surface area (Å²) in [6.45, 7) is 5.31. The fourth-order valence-corrected chi connectivity index (χ4v) is 3.18. The molecule has 1 aromatic carbocycles. The number of carbonyl (C=O) groups excluding carboxylic acids is 1. The lowest BCUT2D eigenvalue weighted by atomic mass is 9.99. The van der Waals surface area contributed by atoms with Crippen LogP contribution in [-0.4, -0.2) is 51.9 Å². The average molecular weight is 320 g/mol. The van der Waals surface area contributed by atoms with Crippen LogP contribution in [0.3, 0.4) is 0 Å². The second-order valence-corrected chi connectivity index (χ2v) is 6.69. The first-order chi connectivity index (χ1) is 10.9. The van der Waals surface area contributed by atoms with Crippen molar-refractivity contribution in [1.82, 2.24) is 10.2 Å². The van der Waals surface area contributed by atoms with E-state index in [1.165, 1.54) is 5.56 Å². The number of benzene rings is 1. The largest absolute Gasteiger partial charge is 0.392 e. The molecule has 0 aliphatic carbocycles. The zero-order chi connectivity index (χ0) is 16.9. The Morgan fingerprint density at radius 3 is 2.74 bits per heavy atom. The molecule has 0 radical (unpaired) electrons. The van der Waals surface area contributed by atoms with E-state index in [1.807, 2.05) is 25.1 Å². The summed E-state index contributed by atoms with van der Waals surface area (Å²) in [5, 5.41) is 22.9. The quantitative estimate of drug-likeness (QED) is 0.708. The van der Waals surface area contributed by atoms with Crippen LogP contribution in [0.1, 0.15) is 38.7 Å². The minimum absolute atomic E-state index is 0.0894. The Morgan fingerprint density at radius 2 is 2.09 bits per heavy atom. The molecule has 1 saturated heterocycles. The van der Waals surface area contributed by atoms with Gasteiger partial charge in [-0.1, -0.05) is 43.7 Å². The number of rotatable bonds is 7. The second kappa shape index (κ2) is 7.90. The van der Waals surface area contributed by atoms with E-state index in [0.717, 1.165) is 13.0 Å². The summed E-state index contributed by atoms with van der Waals surface area (Å²) in [5.41, 5.74) is -0.133. The van der Waals surface area contributed by atoms with Crippen LogP contribution in [0.4, 0.5) is 0 Å². The first kappa shape index (κ1) is 17.9. The highest BCUT2D eigenvalue weighted by atomic mass is 16.3. The Labute approximate surface area is 138 Å². The van der Waals surface area contributed by atoms with Gasteiger partial charge in [0.2, 0.25) is 0 Å². The summed E-state index contributed by atoms with van der Waals surface area (Å²) < 4.78 is 0. The maximum Gasteiger partial charge on any atom is 0.251 e. The predicted octanol–water partition coefficient (Wildman–Crippen LogP) is 1.29. The molecule has 5 heteroatoms. The molecule has 23 heavy (non-hydrogen) atoms. The summed E-state index contributed by atoms with van der Waals surface area (Å²) in [7, 11) is 0. The molecule has 1 fully saturated rings. The number of nitrogens with one attached hydrogen (secondary N) is 1. The van der Waals surface area contributed by atoms with Gasteiger partial charge in [0.15, 0.2) is 0 Å². The second-order valence-electron chi connectivity index (χ2n) is 6.69. The van der Waals surface area contributed by atoms with Crippen LogP contribution in [0.2, 0.25) is 0 Å². The van der Waals surface area contributed by atoms with Gasteiger partial charge in [-0.3, -0.25) is 9.69 Å². The van der Waals surface area contributed by atoms with Crippen molar-refractivity contribution in [1.29, 1.82) is 0 Å². The summed E-state index contributed by atoms with van der Waals surface area (Å²) in [5.74, 6) is -0.333. The van der Waals surface area contributed by atoms with Crippen LogP contribution in [0.5, 0.6) is 0 Å². The minimum Gasteiger partial charge on any atom is -0.392 e. The lowest BCUT2D eigenvalue weighted by Crippen LogP contribution is -2.48. The van der Waals surface area contributed by atoms with Crippen molar-refractivity contribution in [2.24, 2.45) is 0 Å². The number of carbonyl (C=O) groups is 1. The van der Waals surface area contributed by atoms with Crippen molar-refractivity contribution in [3.05, 3.63) is 35.9 Å². The van der Waals surface area contributed by atoms with Crippen molar-refractivity contribution < 1.29 is 15.0 Å². The first-order valence-corrected chi connectivity index (χ1v) is 8.39. The van der Waals surface area contributed by atoms with Gasteiger partial charge < -0.3 is 15.5 Å². The van der Waals surface area contributed by atoms with Crippen LogP contribution in [0.15, 0.2) is 30.3 Å². The van der Waals surface area contributed by atoms with Crippen molar-refractivity contribution in [3.63, 3.8) is 0 Å². The third-order valence-electron chi connectivity index (χ3n) is 4.46. The smallest absolute Gasteiger partial charge is 0.251 e. The third-order valence-corrected chi connectivity index (χ3v) is 4.46. The van der Waals surface area contributed by atoms with Gasteiger partial charge in [0.1, 0.15) is 5.60 Å². The molecule has 3 atom stereocenters. The van der Waals surface area contributed by atoms with Gasteiger partial charge >= 0.3 is 0 Å². The van der Waals surface area contributed by atoms with E-state index in [0.29, 0.717) is 25.9 Å². The molecule has 1 heterocycles. The number of nitrogens with zero attached hydrogens (tertiary/aromatic N) is 1. The third kappa shape index (κ3) is 5.03. The monoisotopic (exact) mass is 320 g/mol. The summed E-state index contributed by atoms with van der Waals surface area (Å²) in [6.07, 6.45) is 1.47. The number of likely N-dealkylation sites (tertiary alicyclic amines) is 1. The summed E-state index contributed by atoms with van der Waals surface area (Å²) in [4.78, 5) is 14.3. The van der Waals surface area contributed by atoms with Gasteiger partial charge in [0.25, 0.3) is 5.91 Å². The van der Waals surface area contributed by atoms with E-state index >= 15 is 0 Å². The Bertz CT molecular complexity index is 504. The van der Waals surface area contributed by atoms with Crippen molar-refractivity contribution >= 4 is 5.91 Å². The zero-order valence-corrected chi connectivity index (χ0v) is 14.0. The van der Waals surface area contributed by atoms with E-state index in [4.69, 9.17) is 0 Å². The summed E-state index contributed by atoms with van der Waals surface area (Å²) >= 11 is 0. The Kier molecular flexibility index (Phi) is 6.16. The molecule has 128 valence electrons. The average Bonchev–Trinajstić information content (AvgIpc) is 2.85. The standard InChI is InChI=1S/C18H28N2O3/c1-3-9-18(2,23)17(22)19-11-15-10-16(21)13-20(15)12-14-7-5-4-6-8-14/h4-8,15-16,21,23H,3,9-13H2,1-2H3,(H,19,22). The molecule has 0 aromatic heterocycles. The van der Waals surface area contributed by atoms with E-state index in [2.05, 4.69) is 22.3 Å². The van der Waals surface area contributed by atoms with Crippen LogP contribution >= 0.6 is 0 Å². The highest BCUT2D eigenvalue weighted by Gasteiger charge is 2.33. The van der Waals surface area contributed by atoms with Crippen LogP contribution < -0.4 is 5.32 Å². The number of hydrogen-bond acceptors (Lipinski definition) is 4. The lowest BCUT2D eigenvalue weighted by Gasteiger charge is -2.27. The summed E-state index contributed by atoms with van der Waals surface area (Å²) in [6, 6.07) is 10.2. The Balaban J connectivity index is 1.91. The fraction of sp³-hybridized carbons (Fsp3) is 0.611. The molecule has 0 spiro atoms. The molecule has 1 amide bonds. The van der Waals surface area contributed by atoms with Gasteiger partial charge in [-0.05, 0) is 25.3 Å². The highest BCUT2D eigenvalue weighted by molar-refractivity contribution is 5.84. The molecule has 0 saturated carbocycles. The SMILES string of the molecule is CCCC(C)(O)C(=O)NCC1CC(O)CN1Cc1ccccc1. The normalized spacial score (nSPS) is 24.3. The van der Waals surface area contributed by atoms with E-state index in [1.54, 1.807) is 6.92 Å². The van der Waals surface area contributed by atoms with E-state index < -0.39 is 5.60 Å². The maximum absolute atomic E-state index is 12.1. The van der Waals surface area contributed by atoms with Gasteiger partial charge in [-0.2, -0.15) is 0 Å². The van der Waals surface area contributed by atoms with Gasteiger partial charge in [0.05, 0.1) is 6.10 Å². The number of β-amino-alcohol motifs (C(OH)–C–C–N with tert-alkyl or cyclic N) is 1. The van der Waals surface area contributed by atoms with Gasteiger partial charge in [-0.25, -0.2) is 0 Å². The molecular formula is C18H28N2O3. The van der Waals surface area contributed by atoms with Crippen LogP contribution in [0.25, 0.3) is 0 Å². The Hall–Kier alpha value is -1.43. The molecule has 2 rings (SSSR count). The number of aliphatic hydroxyl groups excluding tert-OH is 1. The molecule has 1 aromatic rings. The number of hydrogen-bond donors (Lipinski definition) is 3. The fourth-order valence-electron chi connectivity index (χ4n) is 3.18. The van der Waals surface area contributed by atoms with Gasteiger partial charge in [0, 0.05) is 25.7 Å². The molecule has 1 aliphatic heterocycles.